The Morgan fingerprint density at radius 2 is 1.71 bits per heavy atom. The molecule has 0 spiro atoms. The van der Waals surface area contributed by atoms with Gasteiger partial charge in [0.05, 0.1) is 11.3 Å². The molecule has 1 aromatic carbocycles. The van der Waals surface area contributed by atoms with Crippen molar-refractivity contribution >= 4 is 11.7 Å². The van der Waals surface area contributed by atoms with Crippen LogP contribution in [0, 0.1) is 11.8 Å². The van der Waals surface area contributed by atoms with Crippen LogP contribution < -0.4 is 0 Å². The second-order valence-corrected chi connectivity index (χ2v) is 11.2. The number of carbonyl (C=O) groups excluding carboxylic acids is 2. The standard InChI is InChI=1S/C31H33F3N4O3/c32-31(33,34)25-4-1-3-23(18-25)26(39)6-8-28(40)38-16-11-22(20-38)17-21-9-12-30(41,13-10-21)27-7-5-24(19-37-27)29-35-14-2-15-36-29/h1-5,7,14-15,18-19,21-22,41H,6,8-13,16-17,20H2/t21?,22-,30?/m1/s1. The first-order valence-corrected chi connectivity index (χ1v) is 14.1. The summed E-state index contributed by atoms with van der Waals surface area (Å²) in [6.07, 6.45) is 5.26. The number of benzene rings is 1. The van der Waals surface area contributed by atoms with Gasteiger partial charge in [-0.3, -0.25) is 14.6 Å². The Morgan fingerprint density at radius 3 is 2.39 bits per heavy atom. The van der Waals surface area contributed by atoms with Crippen molar-refractivity contribution in [2.75, 3.05) is 13.1 Å². The second kappa shape index (κ2) is 12.1. The molecule has 5 rings (SSSR count). The molecule has 41 heavy (non-hydrogen) atoms. The van der Waals surface area contributed by atoms with Gasteiger partial charge >= 0.3 is 6.18 Å². The number of alkyl halides is 3. The average Bonchev–Trinajstić information content (AvgIpc) is 3.46. The van der Waals surface area contributed by atoms with Gasteiger partial charge in [0.25, 0.3) is 0 Å². The third-order valence-corrected chi connectivity index (χ3v) is 8.38. The van der Waals surface area contributed by atoms with Crippen molar-refractivity contribution in [1.29, 1.82) is 0 Å². The molecule has 3 heterocycles. The van der Waals surface area contributed by atoms with Crippen LogP contribution in [-0.4, -0.2) is 49.7 Å². The number of aliphatic hydroxyl groups is 1. The number of pyridine rings is 1. The number of amides is 1. The summed E-state index contributed by atoms with van der Waals surface area (Å²) in [7, 11) is 0. The first-order valence-electron chi connectivity index (χ1n) is 14.1. The molecule has 0 unspecified atom stereocenters. The first kappa shape index (κ1) is 28.9. The summed E-state index contributed by atoms with van der Waals surface area (Å²) < 4.78 is 38.8. The summed E-state index contributed by atoms with van der Waals surface area (Å²) in [5.74, 6) is 0.801. The summed E-state index contributed by atoms with van der Waals surface area (Å²) in [6, 6.07) is 9.82. The summed E-state index contributed by atoms with van der Waals surface area (Å²) in [4.78, 5) is 40.0. The van der Waals surface area contributed by atoms with Gasteiger partial charge in [-0.2, -0.15) is 13.2 Å². The van der Waals surface area contributed by atoms with E-state index in [1.165, 1.54) is 12.1 Å². The molecule has 7 nitrogen and oxygen atoms in total. The van der Waals surface area contributed by atoms with E-state index in [0.29, 0.717) is 49.3 Å². The molecule has 0 radical (unpaired) electrons. The number of hydrogen-bond donors (Lipinski definition) is 1. The molecule has 2 fully saturated rings. The topological polar surface area (TPSA) is 96.3 Å². The van der Waals surface area contributed by atoms with E-state index in [9.17, 15) is 27.9 Å². The highest BCUT2D eigenvalue weighted by Crippen LogP contribution is 2.42. The van der Waals surface area contributed by atoms with E-state index in [0.717, 1.165) is 43.4 Å². The van der Waals surface area contributed by atoms with Crippen molar-refractivity contribution in [3.8, 4) is 11.4 Å². The van der Waals surface area contributed by atoms with Crippen molar-refractivity contribution < 1.29 is 27.9 Å². The maximum absolute atomic E-state index is 12.9. The van der Waals surface area contributed by atoms with Crippen molar-refractivity contribution in [1.82, 2.24) is 19.9 Å². The number of ketones is 1. The average molecular weight is 567 g/mol. The molecule has 3 aromatic rings. The summed E-state index contributed by atoms with van der Waals surface area (Å²) in [5, 5.41) is 11.3. The third kappa shape index (κ3) is 6.98. The zero-order chi connectivity index (χ0) is 29.0. The molecule has 1 saturated heterocycles. The number of carbonyl (C=O) groups is 2. The maximum atomic E-state index is 12.9. The molecule has 0 bridgehead atoms. The van der Waals surface area contributed by atoms with Gasteiger partial charge in [0.1, 0.15) is 5.60 Å². The summed E-state index contributed by atoms with van der Waals surface area (Å²) in [5.41, 5.74) is -0.401. The van der Waals surface area contributed by atoms with Crippen LogP contribution in [-0.2, 0) is 16.6 Å². The van der Waals surface area contributed by atoms with Crippen LogP contribution in [0.4, 0.5) is 13.2 Å². The number of hydrogen-bond acceptors (Lipinski definition) is 6. The second-order valence-electron chi connectivity index (χ2n) is 11.2. The molecule has 216 valence electrons. The third-order valence-electron chi connectivity index (χ3n) is 8.38. The molecule has 1 amide bonds. The van der Waals surface area contributed by atoms with Crippen molar-refractivity contribution in [2.24, 2.45) is 11.8 Å². The van der Waals surface area contributed by atoms with Crippen LogP contribution in [0.2, 0.25) is 0 Å². The van der Waals surface area contributed by atoms with Crippen LogP contribution in [0.1, 0.15) is 73.0 Å². The molecule has 1 atom stereocenters. The number of likely N-dealkylation sites (tertiary alicyclic amines) is 1. The highest BCUT2D eigenvalue weighted by atomic mass is 19.4. The van der Waals surface area contributed by atoms with Crippen LogP contribution in [0.25, 0.3) is 11.4 Å². The monoisotopic (exact) mass is 566 g/mol. The lowest BCUT2D eigenvalue weighted by Crippen LogP contribution is -2.33. The number of rotatable bonds is 8. The predicted molar refractivity (Wildman–Crippen MR) is 145 cm³/mol. The van der Waals surface area contributed by atoms with E-state index < -0.39 is 23.1 Å². The number of aromatic nitrogens is 3. The molecular weight excluding hydrogens is 533 g/mol. The number of Topliss-reactive ketones (excluding diaryl/α,β-unsaturated/α-hetero) is 1. The first-order chi connectivity index (χ1) is 19.6. The molecular formula is C31H33F3N4O3. The zero-order valence-corrected chi connectivity index (χ0v) is 22.7. The molecule has 10 heteroatoms. The predicted octanol–water partition coefficient (Wildman–Crippen LogP) is 5.84. The van der Waals surface area contributed by atoms with Crippen molar-refractivity contribution in [2.45, 2.75) is 63.1 Å². The minimum atomic E-state index is -4.52. The van der Waals surface area contributed by atoms with Crippen LogP contribution in [0.3, 0.4) is 0 Å². The SMILES string of the molecule is O=C(CCC(=O)N1CC[C@H](CC2CCC(O)(c3ccc(-c4ncccn4)cn3)CC2)C1)c1cccc(C(F)(F)F)c1. The van der Waals surface area contributed by atoms with Gasteiger partial charge in [0, 0.05) is 55.6 Å². The van der Waals surface area contributed by atoms with E-state index in [1.54, 1.807) is 29.6 Å². The van der Waals surface area contributed by atoms with Gasteiger partial charge < -0.3 is 10.0 Å². The smallest absolute Gasteiger partial charge is 0.384 e. The number of nitrogens with zero attached hydrogens (tertiary/aromatic N) is 4. The lowest BCUT2D eigenvalue weighted by molar-refractivity contribution is -0.137. The quantitative estimate of drug-likeness (QED) is 0.345. The van der Waals surface area contributed by atoms with E-state index in [-0.39, 0.29) is 24.3 Å². The molecule has 1 saturated carbocycles. The molecule has 2 aromatic heterocycles. The maximum Gasteiger partial charge on any atom is 0.416 e. The Hall–Kier alpha value is -3.66. The fourth-order valence-electron chi connectivity index (χ4n) is 6.01. The van der Waals surface area contributed by atoms with E-state index in [1.807, 2.05) is 12.1 Å². The van der Waals surface area contributed by atoms with E-state index in [4.69, 9.17) is 0 Å². The van der Waals surface area contributed by atoms with Crippen molar-refractivity contribution in [3.05, 3.63) is 77.9 Å². The minimum absolute atomic E-state index is 0.0134. The zero-order valence-electron chi connectivity index (χ0n) is 22.7. The van der Waals surface area contributed by atoms with Gasteiger partial charge in [0.2, 0.25) is 5.91 Å². The largest absolute Gasteiger partial charge is 0.416 e. The minimum Gasteiger partial charge on any atom is -0.384 e. The number of halogens is 3. The van der Waals surface area contributed by atoms with Gasteiger partial charge in [-0.15, -0.1) is 0 Å². The Morgan fingerprint density at radius 1 is 0.951 bits per heavy atom. The Kier molecular flexibility index (Phi) is 8.49. The van der Waals surface area contributed by atoms with Crippen LogP contribution in [0.15, 0.2) is 61.1 Å². The van der Waals surface area contributed by atoms with Crippen LogP contribution in [0.5, 0.6) is 0 Å². The van der Waals surface area contributed by atoms with Crippen LogP contribution >= 0.6 is 0 Å². The summed E-state index contributed by atoms with van der Waals surface area (Å²) in [6.45, 7) is 1.25. The molecule has 1 N–H and O–H groups in total. The molecule has 1 aliphatic carbocycles. The van der Waals surface area contributed by atoms with E-state index >= 15 is 0 Å². The van der Waals surface area contributed by atoms with Gasteiger partial charge in [-0.05, 0) is 80.7 Å². The molecule has 2 aliphatic rings. The van der Waals surface area contributed by atoms with Gasteiger partial charge in [-0.25, -0.2) is 9.97 Å². The summed E-state index contributed by atoms with van der Waals surface area (Å²) >= 11 is 0. The highest BCUT2D eigenvalue weighted by molar-refractivity contribution is 5.98. The Balaban J connectivity index is 1.06. The normalized spacial score (nSPS) is 23.0. The van der Waals surface area contributed by atoms with Gasteiger partial charge in [0.15, 0.2) is 11.6 Å². The van der Waals surface area contributed by atoms with E-state index in [2.05, 4.69) is 15.0 Å². The molecule has 1 aliphatic heterocycles. The Labute approximate surface area is 236 Å². The van der Waals surface area contributed by atoms with Gasteiger partial charge in [-0.1, -0.05) is 12.1 Å². The lowest BCUT2D eigenvalue weighted by Gasteiger charge is -2.36. The fraction of sp³-hybridized carbons (Fsp3) is 0.452. The highest BCUT2D eigenvalue weighted by Gasteiger charge is 2.38. The van der Waals surface area contributed by atoms with Crippen molar-refractivity contribution in [3.63, 3.8) is 0 Å². The fourth-order valence-corrected chi connectivity index (χ4v) is 6.01. The Bertz CT molecular complexity index is 1360. The lowest BCUT2D eigenvalue weighted by atomic mass is 9.74.